The first-order valence-corrected chi connectivity index (χ1v) is 5.98. The molecule has 0 unspecified atom stereocenters. The zero-order chi connectivity index (χ0) is 14.8. The monoisotopic (exact) mass is 281 g/mol. The number of nitrogens with one attached hydrogen (secondary N) is 1. The first-order chi connectivity index (χ1) is 9.38. The Morgan fingerprint density at radius 2 is 2.00 bits per heavy atom. The summed E-state index contributed by atoms with van der Waals surface area (Å²) in [5, 5.41) is 2.80. The lowest BCUT2D eigenvalue weighted by molar-refractivity contribution is -0.136. The summed E-state index contributed by atoms with van der Waals surface area (Å²) in [6.07, 6.45) is -1.16. The van der Waals surface area contributed by atoms with Crippen molar-refractivity contribution in [3.8, 4) is 0 Å². The van der Waals surface area contributed by atoms with Crippen LogP contribution >= 0.6 is 0 Å². The van der Waals surface area contributed by atoms with Crippen LogP contribution in [0.25, 0.3) is 0 Å². The SMILES string of the molecule is Cc1cnccc1CNc1ccc(N)cc1C(F)(F)F. The number of aromatic nitrogens is 1. The normalized spacial score (nSPS) is 11.4. The van der Waals surface area contributed by atoms with Crippen molar-refractivity contribution in [2.24, 2.45) is 0 Å². The highest BCUT2D eigenvalue weighted by Gasteiger charge is 2.33. The molecule has 0 bridgehead atoms. The van der Waals surface area contributed by atoms with Gasteiger partial charge in [0.05, 0.1) is 5.56 Å². The first kappa shape index (κ1) is 14.2. The highest BCUT2D eigenvalue weighted by Crippen LogP contribution is 2.36. The van der Waals surface area contributed by atoms with E-state index in [-0.39, 0.29) is 11.4 Å². The number of hydrogen-bond donors (Lipinski definition) is 2. The maximum Gasteiger partial charge on any atom is 0.418 e. The van der Waals surface area contributed by atoms with Crippen LogP contribution in [0.1, 0.15) is 16.7 Å². The lowest BCUT2D eigenvalue weighted by atomic mass is 10.1. The van der Waals surface area contributed by atoms with E-state index < -0.39 is 11.7 Å². The van der Waals surface area contributed by atoms with Crippen molar-refractivity contribution in [1.29, 1.82) is 0 Å². The van der Waals surface area contributed by atoms with Crippen molar-refractivity contribution in [3.63, 3.8) is 0 Å². The molecular weight excluding hydrogens is 267 g/mol. The molecule has 0 aliphatic heterocycles. The molecule has 20 heavy (non-hydrogen) atoms. The van der Waals surface area contributed by atoms with E-state index in [4.69, 9.17) is 5.73 Å². The zero-order valence-corrected chi connectivity index (χ0v) is 10.8. The summed E-state index contributed by atoms with van der Waals surface area (Å²) in [5.41, 5.74) is 6.58. The van der Waals surface area contributed by atoms with Gasteiger partial charge in [-0.15, -0.1) is 0 Å². The summed E-state index contributed by atoms with van der Waals surface area (Å²) >= 11 is 0. The number of nitrogens with zero attached hydrogens (tertiary/aromatic N) is 1. The molecule has 1 aromatic heterocycles. The van der Waals surface area contributed by atoms with Gasteiger partial charge < -0.3 is 11.1 Å². The largest absolute Gasteiger partial charge is 0.418 e. The summed E-state index contributed by atoms with van der Waals surface area (Å²) in [6, 6.07) is 5.49. The van der Waals surface area contributed by atoms with E-state index in [1.165, 1.54) is 12.1 Å². The van der Waals surface area contributed by atoms with Gasteiger partial charge in [0.15, 0.2) is 0 Å². The smallest absolute Gasteiger partial charge is 0.399 e. The van der Waals surface area contributed by atoms with E-state index in [2.05, 4.69) is 10.3 Å². The highest BCUT2D eigenvalue weighted by molar-refractivity contribution is 5.59. The van der Waals surface area contributed by atoms with E-state index in [0.29, 0.717) is 6.54 Å². The van der Waals surface area contributed by atoms with Crippen LogP contribution in [0.2, 0.25) is 0 Å². The molecule has 0 spiro atoms. The van der Waals surface area contributed by atoms with Gasteiger partial charge in [-0.25, -0.2) is 0 Å². The summed E-state index contributed by atoms with van der Waals surface area (Å²) in [5.74, 6) is 0. The van der Waals surface area contributed by atoms with Crippen LogP contribution in [-0.4, -0.2) is 4.98 Å². The molecule has 2 aromatic rings. The second kappa shape index (κ2) is 5.40. The highest BCUT2D eigenvalue weighted by atomic mass is 19.4. The number of nitrogen functional groups attached to an aromatic ring is 1. The Morgan fingerprint density at radius 1 is 1.25 bits per heavy atom. The Labute approximate surface area is 114 Å². The predicted molar refractivity (Wildman–Crippen MR) is 72.2 cm³/mol. The Hall–Kier alpha value is -2.24. The van der Waals surface area contributed by atoms with Crippen molar-refractivity contribution in [1.82, 2.24) is 4.98 Å². The lowest BCUT2D eigenvalue weighted by Gasteiger charge is -2.15. The van der Waals surface area contributed by atoms with Gasteiger partial charge in [-0.2, -0.15) is 13.2 Å². The van der Waals surface area contributed by atoms with Crippen LogP contribution in [0.15, 0.2) is 36.7 Å². The molecule has 0 amide bonds. The molecule has 3 N–H and O–H groups in total. The number of halogens is 3. The number of aryl methyl sites for hydroxylation is 1. The third-order valence-electron chi connectivity index (χ3n) is 2.95. The molecular formula is C14H14F3N3. The first-order valence-electron chi connectivity index (χ1n) is 5.98. The Morgan fingerprint density at radius 3 is 2.65 bits per heavy atom. The van der Waals surface area contributed by atoms with E-state index in [9.17, 15) is 13.2 Å². The van der Waals surface area contributed by atoms with E-state index >= 15 is 0 Å². The van der Waals surface area contributed by atoms with Gasteiger partial charge >= 0.3 is 6.18 Å². The predicted octanol–water partition coefficient (Wildman–Crippen LogP) is 3.60. The van der Waals surface area contributed by atoms with Crippen molar-refractivity contribution in [2.45, 2.75) is 19.6 Å². The number of rotatable bonds is 3. The van der Waals surface area contributed by atoms with Crippen LogP contribution in [0.5, 0.6) is 0 Å². The minimum atomic E-state index is -4.44. The van der Waals surface area contributed by atoms with Crippen molar-refractivity contribution >= 4 is 11.4 Å². The van der Waals surface area contributed by atoms with Gasteiger partial charge in [-0.1, -0.05) is 0 Å². The van der Waals surface area contributed by atoms with Gasteiger partial charge in [0.2, 0.25) is 0 Å². The lowest BCUT2D eigenvalue weighted by Crippen LogP contribution is -2.12. The van der Waals surface area contributed by atoms with Gasteiger partial charge in [0, 0.05) is 30.3 Å². The topological polar surface area (TPSA) is 50.9 Å². The molecule has 0 atom stereocenters. The number of hydrogen-bond acceptors (Lipinski definition) is 3. The summed E-state index contributed by atoms with van der Waals surface area (Å²) in [7, 11) is 0. The fourth-order valence-corrected chi connectivity index (χ4v) is 1.84. The fraction of sp³-hybridized carbons (Fsp3) is 0.214. The Balaban J connectivity index is 2.24. The average Bonchev–Trinajstić information content (AvgIpc) is 2.38. The number of benzene rings is 1. The standard InChI is InChI=1S/C14H14F3N3/c1-9-7-19-5-4-10(9)8-20-13-3-2-11(18)6-12(13)14(15,16)17/h2-7,20H,8,18H2,1H3. The molecule has 0 saturated heterocycles. The van der Waals surface area contributed by atoms with E-state index in [1.54, 1.807) is 18.5 Å². The zero-order valence-electron chi connectivity index (χ0n) is 10.8. The average molecular weight is 281 g/mol. The third kappa shape index (κ3) is 3.20. The van der Waals surface area contributed by atoms with Gasteiger partial charge in [-0.3, -0.25) is 4.98 Å². The van der Waals surface area contributed by atoms with E-state index in [1.807, 2.05) is 6.92 Å². The van der Waals surface area contributed by atoms with Gasteiger partial charge in [0.25, 0.3) is 0 Å². The summed E-state index contributed by atoms with van der Waals surface area (Å²) < 4.78 is 38.8. The minimum absolute atomic E-state index is 0.0166. The number of alkyl halides is 3. The Kier molecular flexibility index (Phi) is 3.83. The molecule has 106 valence electrons. The van der Waals surface area contributed by atoms with Crippen LogP contribution in [0.3, 0.4) is 0 Å². The molecule has 0 radical (unpaired) electrons. The molecule has 3 nitrogen and oxygen atoms in total. The second-order valence-corrected chi connectivity index (χ2v) is 4.46. The van der Waals surface area contributed by atoms with Crippen molar-refractivity contribution in [2.75, 3.05) is 11.1 Å². The Bertz CT molecular complexity index is 609. The summed E-state index contributed by atoms with van der Waals surface area (Å²) in [4.78, 5) is 3.94. The molecule has 0 aliphatic rings. The van der Waals surface area contributed by atoms with Crippen molar-refractivity contribution in [3.05, 3.63) is 53.3 Å². The fourth-order valence-electron chi connectivity index (χ4n) is 1.84. The molecule has 0 fully saturated rings. The van der Waals surface area contributed by atoms with Crippen LogP contribution in [0, 0.1) is 6.92 Å². The maximum absolute atomic E-state index is 12.9. The maximum atomic E-state index is 12.9. The molecule has 1 aromatic carbocycles. The molecule has 0 aliphatic carbocycles. The quantitative estimate of drug-likeness (QED) is 0.845. The van der Waals surface area contributed by atoms with E-state index in [0.717, 1.165) is 17.2 Å². The molecule has 1 heterocycles. The van der Waals surface area contributed by atoms with Crippen LogP contribution in [0.4, 0.5) is 24.5 Å². The number of anilines is 2. The summed E-state index contributed by atoms with van der Waals surface area (Å²) in [6.45, 7) is 2.15. The van der Waals surface area contributed by atoms with Crippen LogP contribution < -0.4 is 11.1 Å². The van der Waals surface area contributed by atoms with Gasteiger partial charge in [0.1, 0.15) is 0 Å². The van der Waals surface area contributed by atoms with Crippen LogP contribution in [-0.2, 0) is 12.7 Å². The number of pyridine rings is 1. The molecule has 6 heteroatoms. The molecule has 2 rings (SSSR count). The molecule has 0 saturated carbocycles. The third-order valence-corrected chi connectivity index (χ3v) is 2.95. The van der Waals surface area contributed by atoms with Gasteiger partial charge in [-0.05, 0) is 42.3 Å². The van der Waals surface area contributed by atoms with Crippen molar-refractivity contribution < 1.29 is 13.2 Å². The number of nitrogens with two attached hydrogens (primary N) is 1. The minimum Gasteiger partial charge on any atom is -0.399 e. The second-order valence-electron chi connectivity index (χ2n) is 4.46.